The molecule has 2 heterocycles. The Labute approximate surface area is 146 Å². The zero-order valence-corrected chi connectivity index (χ0v) is 14.9. The molecule has 2 amide bonds. The highest BCUT2D eigenvalue weighted by Gasteiger charge is 2.37. The van der Waals surface area contributed by atoms with Gasteiger partial charge in [-0.1, -0.05) is 38.1 Å². The summed E-state index contributed by atoms with van der Waals surface area (Å²) in [4.78, 5) is 27.8. The normalized spacial score (nSPS) is 21.3. The van der Waals surface area contributed by atoms with Crippen LogP contribution in [0.2, 0.25) is 0 Å². The van der Waals surface area contributed by atoms with Crippen LogP contribution < -0.4 is 4.90 Å². The van der Waals surface area contributed by atoms with Gasteiger partial charge in [0.25, 0.3) is 11.1 Å². The van der Waals surface area contributed by atoms with E-state index in [9.17, 15) is 9.59 Å². The Morgan fingerprint density at radius 1 is 1.21 bits per heavy atom. The van der Waals surface area contributed by atoms with Crippen molar-refractivity contribution in [3.63, 3.8) is 0 Å². The molecule has 5 nitrogen and oxygen atoms in total. The van der Waals surface area contributed by atoms with Crippen molar-refractivity contribution in [2.75, 3.05) is 33.0 Å². The molecule has 0 aromatic heterocycles. The van der Waals surface area contributed by atoms with Gasteiger partial charge < -0.3 is 9.64 Å². The van der Waals surface area contributed by atoms with Crippen molar-refractivity contribution in [2.45, 2.75) is 19.8 Å². The molecule has 3 rings (SSSR count). The number of benzene rings is 1. The second-order valence-corrected chi connectivity index (χ2v) is 7.44. The van der Waals surface area contributed by atoms with Gasteiger partial charge in [0.1, 0.15) is 13.1 Å². The predicted molar refractivity (Wildman–Crippen MR) is 94.7 cm³/mol. The lowest BCUT2D eigenvalue weighted by Crippen LogP contribution is -3.15. The van der Waals surface area contributed by atoms with Crippen molar-refractivity contribution in [1.82, 2.24) is 4.90 Å². The smallest absolute Gasteiger partial charge is 0.298 e. The van der Waals surface area contributed by atoms with E-state index >= 15 is 0 Å². The monoisotopic (exact) mass is 347 g/mol. The van der Waals surface area contributed by atoms with E-state index in [1.165, 1.54) is 15.4 Å². The Hall–Kier alpha value is -1.63. The Kier molecular flexibility index (Phi) is 5.38. The summed E-state index contributed by atoms with van der Waals surface area (Å²) in [6, 6.07) is 8.13. The zero-order chi connectivity index (χ0) is 17.1. The second-order valence-electron chi connectivity index (χ2n) is 6.45. The van der Waals surface area contributed by atoms with E-state index in [0.29, 0.717) is 30.7 Å². The predicted octanol–water partition coefficient (Wildman–Crippen LogP) is 1.72. The molecule has 6 heteroatoms. The summed E-state index contributed by atoms with van der Waals surface area (Å²) >= 11 is 1.03. The van der Waals surface area contributed by atoms with E-state index in [1.807, 2.05) is 18.2 Å². The van der Waals surface area contributed by atoms with Crippen molar-refractivity contribution >= 4 is 29.0 Å². The molecule has 24 heavy (non-hydrogen) atoms. The van der Waals surface area contributed by atoms with Crippen molar-refractivity contribution in [1.29, 1.82) is 0 Å². The van der Waals surface area contributed by atoms with Crippen molar-refractivity contribution in [3.05, 3.63) is 40.3 Å². The molecule has 2 fully saturated rings. The van der Waals surface area contributed by atoms with Gasteiger partial charge in [-0.25, -0.2) is 4.90 Å². The molecule has 128 valence electrons. The fourth-order valence-electron chi connectivity index (χ4n) is 2.81. The molecule has 0 aliphatic carbocycles. The lowest BCUT2D eigenvalue weighted by atomic mass is 10.0. The van der Waals surface area contributed by atoms with Crippen molar-refractivity contribution in [2.24, 2.45) is 0 Å². The van der Waals surface area contributed by atoms with Crippen LogP contribution in [0.4, 0.5) is 4.79 Å². The highest BCUT2D eigenvalue weighted by atomic mass is 32.2. The molecule has 1 aromatic rings. The van der Waals surface area contributed by atoms with Gasteiger partial charge in [0.2, 0.25) is 0 Å². The van der Waals surface area contributed by atoms with Gasteiger partial charge in [-0.3, -0.25) is 9.59 Å². The zero-order valence-electron chi connectivity index (χ0n) is 14.1. The lowest BCUT2D eigenvalue weighted by molar-refractivity contribution is -0.915. The molecular weight excluding hydrogens is 324 g/mol. The first-order valence-electron chi connectivity index (χ1n) is 8.31. The molecule has 1 aromatic carbocycles. The fourth-order valence-corrected chi connectivity index (χ4v) is 3.64. The first-order valence-corrected chi connectivity index (χ1v) is 9.13. The molecular formula is C18H23N2O3S+. The van der Waals surface area contributed by atoms with E-state index in [0.717, 1.165) is 30.4 Å². The van der Waals surface area contributed by atoms with Crippen molar-refractivity contribution in [3.8, 4) is 0 Å². The van der Waals surface area contributed by atoms with E-state index in [-0.39, 0.29) is 11.1 Å². The van der Waals surface area contributed by atoms with Crippen LogP contribution in [0.25, 0.3) is 6.08 Å². The third-order valence-corrected chi connectivity index (χ3v) is 5.26. The third-order valence-electron chi connectivity index (χ3n) is 4.36. The maximum atomic E-state index is 12.5. The average molecular weight is 347 g/mol. The number of thioether (sulfide) groups is 1. The largest absolute Gasteiger partial charge is 0.370 e. The number of hydrogen-bond acceptors (Lipinski definition) is 4. The molecule has 1 N–H and O–H groups in total. The van der Waals surface area contributed by atoms with Crippen LogP contribution in [-0.2, 0) is 9.53 Å². The fraction of sp³-hybridized carbons (Fsp3) is 0.444. The molecule has 0 atom stereocenters. The van der Waals surface area contributed by atoms with Crippen LogP contribution in [0.15, 0.2) is 29.2 Å². The highest BCUT2D eigenvalue weighted by molar-refractivity contribution is 8.18. The second kappa shape index (κ2) is 7.51. The van der Waals surface area contributed by atoms with Gasteiger partial charge in [-0.15, -0.1) is 0 Å². The number of hydrogen-bond donors (Lipinski definition) is 1. The summed E-state index contributed by atoms with van der Waals surface area (Å²) in [6.07, 6.45) is 1.81. The lowest BCUT2D eigenvalue weighted by Gasteiger charge is -2.26. The Morgan fingerprint density at radius 3 is 2.50 bits per heavy atom. The Morgan fingerprint density at radius 2 is 1.88 bits per heavy atom. The Bertz CT molecular complexity index is 649. The molecule has 2 aliphatic rings. The highest BCUT2D eigenvalue weighted by Crippen LogP contribution is 2.31. The van der Waals surface area contributed by atoms with Gasteiger partial charge in [-0.05, 0) is 34.9 Å². The Balaban J connectivity index is 1.70. The summed E-state index contributed by atoms with van der Waals surface area (Å²) in [5, 5.41) is -0.177. The van der Waals surface area contributed by atoms with Crippen molar-refractivity contribution < 1.29 is 19.2 Å². The van der Waals surface area contributed by atoms with E-state index < -0.39 is 0 Å². The SMILES string of the molecule is CC(C)c1ccc(/C=C2/SC(=O)N(C[NH+]3CCOCC3)C2=O)cc1. The minimum atomic E-state index is -0.183. The molecule has 2 saturated heterocycles. The quantitative estimate of drug-likeness (QED) is 0.843. The van der Waals surface area contributed by atoms with Crippen LogP contribution in [0.3, 0.4) is 0 Å². The number of imide groups is 1. The van der Waals surface area contributed by atoms with E-state index in [4.69, 9.17) is 4.74 Å². The summed E-state index contributed by atoms with van der Waals surface area (Å²) in [5.74, 6) is 0.291. The van der Waals surface area contributed by atoms with E-state index in [1.54, 1.807) is 0 Å². The summed E-state index contributed by atoms with van der Waals surface area (Å²) in [6.45, 7) is 7.75. The van der Waals surface area contributed by atoms with Crippen LogP contribution in [0, 0.1) is 0 Å². The number of quaternary nitrogens is 1. The van der Waals surface area contributed by atoms with Gasteiger partial charge in [0.15, 0.2) is 6.67 Å². The van der Waals surface area contributed by atoms with Gasteiger partial charge in [0, 0.05) is 0 Å². The number of nitrogens with one attached hydrogen (secondary N) is 1. The first kappa shape index (κ1) is 17.2. The maximum absolute atomic E-state index is 12.5. The van der Waals surface area contributed by atoms with Crippen LogP contribution in [0.5, 0.6) is 0 Å². The van der Waals surface area contributed by atoms with Gasteiger partial charge in [0.05, 0.1) is 18.1 Å². The maximum Gasteiger partial charge on any atom is 0.298 e. The molecule has 0 unspecified atom stereocenters. The number of ether oxygens (including phenoxy) is 1. The van der Waals surface area contributed by atoms with E-state index in [2.05, 4.69) is 26.0 Å². The molecule has 2 aliphatic heterocycles. The minimum absolute atomic E-state index is 0.177. The molecule has 0 saturated carbocycles. The molecule has 0 bridgehead atoms. The topological polar surface area (TPSA) is 51.1 Å². The third kappa shape index (κ3) is 3.88. The number of carbonyl (C=O) groups is 2. The standard InChI is InChI=1S/C18H22N2O3S/c1-13(2)15-5-3-14(4-6-15)11-16-17(21)20(18(22)24-16)12-19-7-9-23-10-8-19/h3-6,11,13H,7-10,12H2,1-2H3/p+1/b16-11+. The average Bonchev–Trinajstić information content (AvgIpc) is 2.84. The summed E-state index contributed by atoms with van der Waals surface area (Å²) < 4.78 is 5.32. The first-order chi connectivity index (χ1) is 11.5. The van der Waals surface area contributed by atoms with Gasteiger partial charge in [-0.2, -0.15) is 0 Å². The van der Waals surface area contributed by atoms with Crippen LogP contribution in [0.1, 0.15) is 30.9 Å². The summed E-state index contributed by atoms with van der Waals surface area (Å²) in [5.41, 5.74) is 2.21. The molecule has 0 radical (unpaired) electrons. The minimum Gasteiger partial charge on any atom is -0.370 e. The number of amides is 2. The number of carbonyl (C=O) groups excluding carboxylic acids is 2. The number of rotatable bonds is 4. The van der Waals surface area contributed by atoms with Gasteiger partial charge >= 0.3 is 0 Å². The number of morpholine rings is 1. The summed E-state index contributed by atoms with van der Waals surface area (Å²) in [7, 11) is 0. The van der Waals surface area contributed by atoms with Crippen LogP contribution in [-0.4, -0.2) is 49.0 Å². The molecule has 0 spiro atoms. The van der Waals surface area contributed by atoms with Crippen LogP contribution >= 0.6 is 11.8 Å². The number of nitrogens with zero attached hydrogens (tertiary/aromatic N) is 1.